The summed E-state index contributed by atoms with van der Waals surface area (Å²) in [5.74, 6) is -0.291. The zero-order chi connectivity index (χ0) is 51.2. The van der Waals surface area contributed by atoms with Crippen LogP contribution in [-0.2, 0) is 29.4 Å². The van der Waals surface area contributed by atoms with Crippen molar-refractivity contribution in [1.29, 1.82) is 0 Å². The van der Waals surface area contributed by atoms with Gasteiger partial charge >= 0.3 is 12.1 Å². The van der Waals surface area contributed by atoms with Gasteiger partial charge < -0.3 is 24.6 Å². The number of ether oxygens (including phenoxy) is 3. The van der Waals surface area contributed by atoms with Crippen molar-refractivity contribution in [2.45, 2.75) is 173 Å². The molecule has 0 bridgehead atoms. The molecule has 5 aromatic rings. The normalized spacial score (nSPS) is 13.9. The fourth-order valence-electron chi connectivity index (χ4n) is 10.2. The van der Waals surface area contributed by atoms with Gasteiger partial charge in [-0.2, -0.15) is 0 Å². The summed E-state index contributed by atoms with van der Waals surface area (Å²) >= 11 is 7.04. The van der Waals surface area contributed by atoms with Crippen molar-refractivity contribution in [3.05, 3.63) is 166 Å². The van der Waals surface area contributed by atoms with Crippen LogP contribution in [-0.4, -0.2) is 48.0 Å². The number of aliphatic hydroxyl groups excluding tert-OH is 1. The minimum absolute atomic E-state index is 0.0189. The SMILES string of the molecule is Cc1ccc(C(OC(O)[C@H](CCCCNC(=O)OCC2c3ccccc3-c3ccccc32)CCC(=O)CCCCCCCCCCCCCCC(=O)OC(C)(C)C)(c2ccccc2)c2ccccc2Cl)cc1. The third-order valence-electron chi connectivity index (χ3n) is 14.0. The number of nitrogens with one attached hydrogen (secondary N) is 1. The number of carbonyl (C=O) groups excluding carboxylic acids is 3. The number of benzene rings is 5. The molecule has 0 radical (unpaired) electrons. The number of alkyl carbamates (subject to hydrolysis) is 1. The molecule has 386 valence electrons. The largest absolute Gasteiger partial charge is 0.460 e. The number of unbranched alkanes of at least 4 members (excludes halogenated alkanes) is 12. The van der Waals surface area contributed by atoms with Gasteiger partial charge in [-0.3, -0.25) is 9.59 Å². The Hall–Kier alpha value is -5.28. The summed E-state index contributed by atoms with van der Waals surface area (Å²) in [5, 5.41) is 15.9. The number of halogens is 1. The van der Waals surface area contributed by atoms with Crippen LogP contribution < -0.4 is 5.32 Å². The number of aliphatic hydroxyl groups is 1. The van der Waals surface area contributed by atoms with Crippen molar-refractivity contribution < 1.29 is 33.7 Å². The molecule has 0 aliphatic heterocycles. The number of aryl methyl sites for hydroxylation is 1. The summed E-state index contributed by atoms with van der Waals surface area (Å²) in [4.78, 5) is 38.5. The lowest BCUT2D eigenvalue weighted by Gasteiger charge is -2.40. The number of amides is 1. The minimum atomic E-state index is -1.26. The Balaban J connectivity index is 0.999. The van der Waals surface area contributed by atoms with E-state index in [1.807, 2.05) is 131 Å². The lowest BCUT2D eigenvalue weighted by atomic mass is 9.79. The molecule has 1 aliphatic rings. The molecular weight excluding hydrogens is 918 g/mol. The number of rotatable bonds is 31. The van der Waals surface area contributed by atoms with Crippen LogP contribution in [0.5, 0.6) is 0 Å². The monoisotopic (exact) mass is 998 g/mol. The maximum Gasteiger partial charge on any atom is 0.407 e. The molecule has 0 saturated carbocycles. The average molecular weight is 999 g/mol. The van der Waals surface area contributed by atoms with Gasteiger partial charge in [-0.25, -0.2) is 4.79 Å². The molecule has 2 unspecified atom stereocenters. The maximum absolute atomic E-state index is 13.5. The van der Waals surface area contributed by atoms with Crippen LogP contribution in [0.15, 0.2) is 127 Å². The van der Waals surface area contributed by atoms with Crippen LogP contribution in [0, 0.1) is 12.8 Å². The molecule has 72 heavy (non-hydrogen) atoms. The molecule has 1 amide bonds. The summed E-state index contributed by atoms with van der Waals surface area (Å²) in [7, 11) is 0. The summed E-state index contributed by atoms with van der Waals surface area (Å²) in [6.45, 7) is 8.42. The van der Waals surface area contributed by atoms with E-state index in [0.717, 1.165) is 55.2 Å². The predicted molar refractivity (Wildman–Crippen MR) is 291 cm³/mol. The first-order chi connectivity index (χ1) is 34.9. The van der Waals surface area contributed by atoms with E-state index in [0.29, 0.717) is 62.1 Å². The van der Waals surface area contributed by atoms with E-state index in [-0.39, 0.29) is 30.2 Å². The van der Waals surface area contributed by atoms with Crippen LogP contribution in [0.2, 0.25) is 5.02 Å². The fraction of sp³-hybridized carbons (Fsp3) is 0.476. The Labute approximate surface area is 435 Å². The number of fused-ring (bicyclic) bond motifs is 3. The summed E-state index contributed by atoms with van der Waals surface area (Å²) in [5.41, 5.74) is 6.49. The molecule has 0 saturated heterocycles. The van der Waals surface area contributed by atoms with Crippen molar-refractivity contribution in [3.63, 3.8) is 0 Å². The van der Waals surface area contributed by atoms with E-state index >= 15 is 0 Å². The quantitative estimate of drug-likeness (QED) is 0.0197. The maximum atomic E-state index is 13.5. The number of carbonyl (C=O) groups is 3. The second-order valence-electron chi connectivity index (χ2n) is 20.8. The summed E-state index contributed by atoms with van der Waals surface area (Å²) < 4.78 is 18.3. The number of hydrogen-bond donors (Lipinski definition) is 2. The second-order valence-corrected chi connectivity index (χ2v) is 21.2. The van der Waals surface area contributed by atoms with Crippen molar-refractivity contribution in [2.24, 2.45) is 5.92 Å². The van der Waals surface area contributed by atoms with Gasteiger partial charge in [0.1, 0.15) is 23.6 Å². The van der Waals surface area contributed by atoms with Crippen LogP contribution in [0.25, 0.3) is 11.1 Å². The molecule has 8 nitrogen and oxygen atoms in total. The first-order valence-corrected chi connectivity index (χ1v) is 27.3. The second kappa shape index (κ2) is 28.8. The third kappa shape index (κ3) is 16.9. The molecule has 1 aliphatic carbocycles. The van der Waals surface area contributed by atoms with Crippen LogP contribution in [0.3, 0.4) is 0 Å². The van der Waals surface area contributed by atoms with E-state index in [1.54, 1.807) is 0 Å². The van der Waals surface area contributed by atoms with E-state index < -0.39 is 23.6 Å². The molecule has 0 aromatic heterocycles. The molecule has 0 fully saturated rings. The van der Waals surface area contributed by atoms with E-state index in [4.69, 9.17) is 25.8 Å². The Morgan fingerprint density at radius 3 is 1.72 bits per heavy atom. The fourth-order valence-corrected chi connectivity index (χ4v) is 10.5. The Morgan fingerprint density at radius 2 is 1.12 bits per heavy atom. The Bertz CT molecular complexity index is 2390. The Kier molecular flexibility index (Phi) is 22.4. The highest BCUT2D eigenvalue weighted by Gasteiger charge is 2.42. The lowest BCUT2D eigenvalue weighted by molar-refractivity contribution is -0.189. The highest BCUT2D eigenvalue weighted by atomic mass is 35.5. The number of hydrogen-bond acceptors (Lipinski definition) is 7. The first-order valence-electron chi connectivity index (χ1n) is 26.9. The van der Waals surface area contributed by atoms with Crippen LogP contribution in [0.4, 0.5) is 4.79 Å². The van der Waals surface area contributed by atoms with Gasteiger partial charge in [0.05, 0.1) is 0 Å². The zero-order valence-electron chi connectivity index (χ0n) is 43.5. The van der Waals surface area contributed by atoms with Crippen molar-refractivity contribution in [1.82, 2.24) is 5.32 Å². The van der Waals surface area contributed by atoms with Crippen molar-refractivity contribution in [3.8, 4) is 11.1 Å². The number of ketones is 1. The smallest absolute Gasteiger partial charge is 0.407 e. The van der Waals surface area contributed by atoms with Gasteiger partial charge in [0, 0.05) is 48.2 Å². The van der Waals surface area contributed by atoms with Crippen LogP contribution >= 0.6 is 11.6 Å². The van der Waals surface area contributed by atoms with Gasteiger partial charge in [-0.1, -0.05) is 209 Å². The highest BCUT2D eigenvalue weighted by molar-refractivity contribution is 6.31. The van der Waals surface area contributed by atoms with Crippen molar-refractivity contribution >= 4 is 29.4 Å². The van der Waals surface area contributed by atoms with Gasteiger partial charge in [-0.05, 0) is 99.2 Å². The van der Waals surface area contributed by atoms with Gasteiger partial charge in [-0.15, -0.1) is 0 Å². The van der Waals surface area contributed by atoms with Crippen LogP contribution in [0.1, 0.15) is 182 Å². The van der Waals surface area contributed by atoms with Gasteiger partial charge in [0.2, 0.25) is 0 Å². The molecule has 9 heteroatoms. The molecule has 0 spiro atoms. The number of Topliss-reactive ketones (excluding diaryl/α,β-unsaturated/α-hetero) is 1. The number of esters is 1. The molecule has 2 N–H and O–H groups in total. The summed E-state index contributed by atoms with van der Waals surface area (Å²) in [6, 6.07) is 42.3. The van der Waals surface area contributed by atoms with Crippen molar-refractivity contribution in [2.75, 3.05) is 13.2 Å². The third-order valence-corrected chi connectivity index (χ3v) is 14.3. The summed E-state index contributed by atoms with van der Waals surface area (Å²) in [6.07, 6.45) is 15.5. The molecule has 3 atom stereocenters. The van der Waals surface area contributed by atoms with E-state index in [9.17, 15) is 19.5 Å². The predicted octanol–water partition coefficient (Wildman–Crippen LogP) is 15.8. The van der Waals surface area contributed by atoms with Gasteiger partial charge in [0.15, 0.2) is 6.29 Å². The average Bonchev–Trinajstić information content (AvgIpc) is 3.69. The van der Waals surface area contributed by atoms with E-state index in [2.05, 4.69) is 29.6 Å². The molecular formula is C63H80ClNO7. The molecule has 5 aromatic carbocycles. The lowest BCUT2D eigenvalue weighted by Crippen LogP contribution is -2.40. The topological polar surface area (TPSA) is 111 Å². The zero-order valence-corrected chi connectivity index (χ0v) is 44.2. The standard InChI is InChI=1S/C63H80ClNO7/c1-47-39-42-50(43-40-47)63(49-29-16-15-17-30-49,57-36-24-25-37-58(57)64)72-60(68)48(28-26-27-45-65-61(69)70-46-56-54-34-22-20-32-52(54)53-33-21-23-35-55(53)56)41-44-51(66)31-18-13-11-9-7-5-6-8-10-12-14-19-38-59(67)71-62(2,3)4/h15-17,20-25,29-30,32-37,39-40,42-43,48,56,60,68H,5-14,18-19,26-28,31,38,41,44-46H2,1-4H3,(H,65,69)/t48-,60?,63?/m1/s1. The molecule has 0 heterocycles. The Morgan fingerprint density at radius 1 is 0.597 bits per heavy atom. The molecule has 6 rings (SSSR count). The highest BCUT2D eigenvalue weighted by Crippen LogP contribution is 2.46. The minimum Gasteiger partial charge on any atom is -0.460 e. The van der Waals surface area contributed by atoms with Gasteiger partial charge in [0.25, 0.3) is 0 Å². The van der Waals surface area contributed by atoms with E-state index in [1.165, 1.54) is 60.8 Å². The first kappa shape index (κ1) is 56.0.